The van der Waals surface area contributed by atoms with Gasteiger partial charge >= 0.3 is 5.69 Å². The Morgan fingerprint density at radius 3 is 2.56 bits per heavy atom. The van der Waals surface area contributed by atoms with E-state index >= 15 is 0 Å². The molecular weight excluding hydrogens is 318 g/mol. The number of unbranched alkanes of at least 4 members (excludes halogenated alkanes) is 3. The van der Waals surface area contributed by atoms with Crippen molar-refractivity contribution in [3.8, 4) is 0 Å². The summed E-state index contributed by atoms with van der Waals surface area (Å²) in [7, 11) is 0. The van der Waals surface area contributed by atoms with Crippen molar-refractivity contribution in [3.05, 3.63) is 56.2 Å². The highest BCUT2D eigenvalue weighted by atomic mass is 16.3. The van der Waals surface area contributed by atoms with Gasteiger partial charge in [-0.3, -0.25) is 14.3 Å². The zero-order chi connectivity index (χ0) is 18.2. The number of hydrogen-bond donors (Lipinski definition) is 3. The highest BCUT2D eigenvalue weighted by Gasteiger charge is 2.06. The van der Waals surface area contributed by atoms with Gasteiger partial charge in [0.2, 0.25) is 0 Å². The summed E-state index contributed by atoms with van der Waals surface area (Å²) in [5, 5.41) is 11.9. The summed E-state index contributed by atoms with van der Waals surface area (Å²) < 4.78 is 1.22. The van der Waals surface area contributed by atoms with Gasteiger partial charge in [0.05, 0.1) is 0 Å². The number of aryl methyl sites for hydroxylation is 2. The molecule has 0 aliphatic rings. The molecule has 6 heteroatoms. The first kappa shape index (κ1) is 19.0. The zero-order valence-electron chi connectivity index (χ0n) is 15.0. The number of rotatable bonds is 9. The molecule has 0 aliphatic carbocycles. The molecule has 136 valence electrons. The van der Waals surface area contributed by atoms with Crippen LogP contribution in [0.4, 0.5) is 11.5 Å². The first-order chi connectivity index (χ1) is 12.0. The lowest BCUT2D eigenvalue weighted by Gasteiger charge is -2.11. The third-order valence-corrected chi connectivity index (χ3v) is 4.32. The van der Waals surface area contributed by atoms with E-state index in [1.807, 2.05) is 18.2 Å². The predicted octanol–water partition coefficient (Wildman–Crippen LogP) is 2.70. The molecule has 0 amide bonds. The number of H-pyrrole nitrogens is 1. The molecule has 3 N–H and O–H groups in total. The molecule has 0 saturated heterocycles. The van der Waals surface area contributed by atoms with E-state index in [4.69, 9.17) is 5.11 Å². The van der Waals surface area contributed by atoms with Crippen molar-refractivity contribution in [1.29, 1.82) is 0 Å². The second kappa shape index (κ2) is 9.22. The Balaban J connectivity index is 2.09. The van der Waals surface area contributed by atoms with Crippen LogP contribution >= 0.6 is 0 Å². The number of benzene rings is 1. The lowest BCUT2D eigenvalue weighted by atomic mass is 10.1. The Hall–Kier alpha value is -2.34. The lowest BCUT2D eigenvalue weighted by Crippen LogP contribution is -2.35. The molecule has 6 nitrogen and oxygen atoms in total. The number of anilines is 2. The average molecular weight is 345 g/mol. The summed E-state index contributed by atoms with van der Waals surface area (Å²) in [5.74, 6) is 0.400. The fourth-order valence-corrected chi connectivity index (χ4v) is 2.82. The van der Waals surface area contributed by atoms with Gasteiger partial charge in [0.15, 0.2) is 0 Å². The number of aromatic amines is 1. The van der Waals surface area contributed by atoms with Crippen LogP contribution in [-0.2, 0) is 13.0 Å². The minimum Gasteiger partial charge on any atom is -0.396 e. The summed E-state index contributed by atoms with van der Waals surface area (Å²) in [5.41, 5.74) is 2.58. The monoisotopic (exact) mass is 345 g/mol. The van der Waals surface area contributed by atoms with Crippen LogP contribution in [0.5, 0.6) is 0 Å². The maximum atomic E-state index is 12.2. The molecule has 0 bridgehead atoms. The molecule has 2 aromatic rings. The minimum absolute atomic E-state index is 0.180. The fraction of sp³-hybridized carbons (Fsp3) is 0.474. The summed E-state index contributed by atoms with van der Waals surface area (Å²) in [6, 6.07) is 7.40. The largest absolute Gasteiger partial charge is 0.396 e. The van der Waals surface area contributed by atoms with Gasteiger partial charge in [-0.25, -0.2) is 4.79 Å². The Kier molecular flexibility index (Phi) is 7.01. The van der Waals surface area contributed by atoms with E-state index in [2.05, 4.69) is 24.1 Å². The van der Waals surface area contributed by atoms with Gasteiger partial charge in [-0.1, -0.05) is 25.8 Å². The smallest absolute Gasteiger partial charge is 0.329 e. The van der Waals surface area contributed by atoms with Crippen molar-refractivity contribution in [2.24, 2.45) is 0 Å². The van der Waals surface area contributed by atoms with Gasteiger partial charge in [-0.2, -0.15) is 0 Å². The molecular formula is C19H27N3O3. The second-order valence-corrected chi connectivity index (χ2v) is 6.24. The van der Waals surface area contributed by atoms with E-state index in [0.29, 0.717) is 12.4 Å². The van der Waals surface area contributed by atoms with Gasteiger partial charge in [-0.15, -0.1) is 0 Å². The third-order valence-electron chi connectivity index (χ3n) is 4.32. The maximum absolute atomic E-state index is 12.2. The normalized spacial score (nSPS) is 10.8. The quantitative estimate of drug-likeness (QED) is 0.610. The maximum Gasteiger partial charge on any atom is 0.329 e. The van der Waals surface area contributed by atoms with Crippen LogP contribution in [0.15, 0.2) is 33.9 Å². The van der Waals surface area contributed by atoms with E-state index in [0.717, 1.165) is 37.8 Å². The molecule has 0 radical (unpaired) electrons. The van der Waals surface area contributed by atoms with E-state index < -0.39 is 5.69 Å². The molecule has 0 saturated carbocycles. The molecule has 0 unspecified atom stereocenters. The van der Waals surface area contributed by atoms with Crippen molar-refractivity contribution in [2.75, 3.05) is 11.9 Å². The van der Waals surface area contributed by atoms with Crippen LogP contribution in [0.2, 0.25) is 0 Å². The van der Waals surface area contributed by atoms with Crippen molar-refractivity contribution >= 4 is 11.5 Å². The fourth-order valence-electron chi connectivity index (χ4n) is 2.82. The van der Waals surface area contributed by atoms with Gasteiger partial charge < -0.3 is 10.4 Å². The molecule has 2 rings (SSSR count). The highest BCUT2D eigenvalue weighted by molar-refractivity contribution is 5.57. The Morgan fingerprint density at radius 2 is 1.88 bits per heavy atom. The van der Waals surface area contributed by atoms with Crippen LogP contribution in [0.25, 0.3) is 0 Å². The highest BCUT2D eigenvalue weighted by Crippen LogP contribution is 2.18. The second-order valence-electron chi connectivity index (χ2n) is 6.24. The first-order valence-corrected chi connectivity index (χ1v) is 8.86. The summed E-state index contributed by atoms with van der Waals surface area (Å²) >= 11 is 0. The number of nitrogens with one attached hydrogen (secondary N) is 2. The number of aromatic nitrogens is 2. The summed E-state index contributed by atoms with van der Waals surface area (Å²) in [4.78, 5) is 27.1. The Labute approximate surface area is 147 Å². The number of aliphatic hydroxyl groups is 1. The van der Waals surface area contributed by atoms with Gasteiger partial charge in [0.1, 0.15) is 5.82 Å². The number of nitrogens with zero attached hydrogens (tertiary/aromatic N) is 1. The van der Waals surface area contributed by atoms with Crippen molar-refractivity contribution < 1.29 is 5.11 Å². The molecule has 0 spiro atoms. The summed E-state index contributed by atoms with van der Waals surface area (Å²) in [6.45, 7) is 4.73. The van der Waals surface area contributed by atoms with Crippen LogP contribution in [0.3, 0.4) is 0 Å². The van der Waals surface area contributed by atoms with Crippen molar-refractivity contribution in [3.63, 3.8) is 0 Å². The Bertz CT molecular complexity index is 777. The number of aliphatic hydroxyl groups excluding tert-OH is 1. The standard InChI is InChI=1S/C19H27N3O3/c1-3-15-12-16(9-8-14(15)2)20-17-13-18(24)22(19(25)21-17)10-6-4-5-7-11-23/h8-9,12-13,20,23H,3-7,10-11H2,1-2H3,(H,21,25). The van der Waals surface area contributed by atoms with E-state index in [9.17, 15) is 9.59 Å². The van der Waals surface area contributed by atoms with Crippen LogP contribution in [-0.4, -0.2) is 21.3 Å². The molecule has 1 heterocycles. The van der Waals surface area contributed by atoms with E-state index in [1.165, 1.54) is 21.8 Å². The topological polar surface area (TPSA) is 87.1 Å². The van der Waals surface area contributed by atoms with Gasteiger partial charge in [0, 0.05) is 24.9 Å². The first-order valence-electron chi connectivity index (χ1n) is 8.86. The molecule has 1 aromatic carbocycles. The van der Waals surface area contributed by atoms with Crippen LogP contribution < -0.4 is 16.6 Å². The molecule has 0 fully saturated rings. The van der Waals surface area contributed by atoms with Gasteiger partial charge in [0.25, 0.3) is 5.56 Å². The lowest BCUT2D eigenvalue weighted by molar-refractivity contribution is 0.282. The average Bonchev–Trinajstić information content (AvgIpc) is 2.58. The number of hydrogen-bond acceptors (Lipinski definition) is 4. The molecule has 0 aliphatic heterocycles. The van der Waals surface area contributed by atoms with Gasteiger partial charge in [-0.05, 0) is 49.4 Å². The molecule has 0 atom stereocenters. The summed E-state index contributed by atoms with van der Waals surface area (Å²) in [6.07, 6.45) is 4.21. The molecule has 25 heavy (non-hydrogen) atoms. The predicted molar refractivity (Wildman–Crippen MR) is 101 cm³/mol. The van der Waals surface area contributed by atoms with Crippen LogP contribution in [0.1, 0.15) is 43.7 Å². The molecule has 1 aromatic heterocycles. The zero-order valence-corrected chi connectivity index (χ0v) is 15.0. The third kappa shape index (κ3) is 5.32. The SMILES string of the molecule is CCc1cc(Nc2cc(=O)n(CCCCCCO)c(=O)[nH]2)ccc1C. The van der Waals surface area contributed by atoms with Crippen molar-refractivity contribution in [2.45, 2.75) is 52.5 Å². The van der Waals surface area contributed by atoms with Crippen LogP contribution in [0, 0.1) is 6.92 Å². The van der Waals surface area contributed by atoms with E-state index in [1.54, 1.807) is 0 Å². The van der Waals surface area contributed by atoms with E-state index in [-0.39, 0.29) is 12.2 Å². The Morgan fingerprint density at radius 1 is 1.12 bits per heavy atom. The minimum atomic E-state index is -0.403. The van der Waals surface area contributed by atoms with Crippen molar-refractivity contribution in [1.82, 2.24) is 9.55 Å².